The number of benzene rings is 1. The first-order valence-corrected chi connectivity index (χ1v) is 7.24. The summed E-state index contributed by atoms with van der Waals surface area (Å²) < 4.78 is 7.68. The number of nitrogens with zero attached hydrogens (tertiary/aromatic N) is 4. The zero-order valence-electron chi connectivity index (χ0n) is 12.5. The third-order valence-corrected chi connectivity index (χ3v) is 3.63. The first-order chi connectivity index (χ1) is 11.3. The highest BCUT2D eigenvalue weighted by atomic mass is 16.5. The minimum atomic E-state index is 0.760. The van der Waals surface area contributed by atoms with Gasteiger partial charge in [0.25, 0.3) is 0 Å². The van der Waals surface area contributed by atoms with Crippen LogP contribution in [0.25, 0.3) is 21.9 Å². The summed E-state index contributed by atoms with van der Waals surface area (Å²) in [5.74, 6) is 1.54. The smallest absolute Gasteiger partial charge is 0.130 e. The molecule has 0 fully saturated rings. The molecule has 0 spiro atoms. The molecule has 5 heteroatoms. The van der Waals surface area contributed by atoms with Crippen molar-refractivity contribution in [1.82, 2.24) is 19.7 Å². The van der Waals surface area contributed by atoms with E-state index in [0.717, 1.165) is 33.4 Å². The van der Waals surface area contributed by atoms with Crippen LogP contribution in [0.5, 0.6) is 11.5 Å². The number of aryl methyl sites for hydroxylation is 1. The largest absolute Gasteiger partial charge is 0.457 e. The SMILES string of the molecule is Cn1cc(-c2cncc3ccc(Oc4ccncc4)cc23)cn1. The third-order valence-electron chi connectivity index (χ3n) is 3.63. The van der Waals surface area contributed by atoms with E-state index in [1.165, 1.54) is 0 Å². The van der Waals surface area contributed by atoms with Crippen molar-refractivity contribution < 1.29 is 4.74 Å². The Labute approximate surface area is 133 Å². The topological polar surface area (TPSA) is 52.8 Å². The second-order valence-electron chi connectivity index (χ2n) is 5.26. The normalized spacial score (nSPS) is 10.8. The second kappa shape index (κ2) is 5.53. The minimum Gasteiger partial charge on any atom is -0.457 e. The van der Waals surface area contributed by atoms with E-state index in [-0.39, 0.29) is 0 Å². The standard InChI is InChI=1S/C18H14N4O/c1-22-12-14(10-21-22)18-11-20-9-13-2-3-16(8-17(13)18)23-15-4-6-19-7-5-15/h2-12H,1H3. The lowest BCUT2D eigenvalue weighted by atomic mass is 10.0. The maximum Gasteiger partial charge on any atom is 0.130 e. The van der Waals surface area contributed by atoms with Crippen LogP contribution in [-0.4, -0.2) is 19.7 Å². The molecule has 0 aliphatic carbocycles. The number of pyridine rings is 2. The van der Waals surface area contributed by atoms with Gasteiger partial charge in [-0.1, -0.05) is 0 Å². The number of hydrogen-bond acceptors (Lipinski definition) is 4. The van der Waals surface area contributed by atoms with Crippen LogP contribution < -0.4 is 4.74 Å². The van der Waals surface area contributed by atoms with Crippen LogP contribution >= 0.6 is 0 Å². The Hall–Kier alpha value is -3.21. The number of ether oxygens (including phenoxy) is 1. The molecule has 0 amide bonds. The van der Waals surface area contributed by atoms with E-state index in [9.17, 15) is 0 Å². The molecule has 3 heterocycles. The van der Waals surface area contributed by atoms with Crippen molar-refractivity contribution >= 4 is 10.8 Å². The number of aromatic nitrogens is 4. The van der Waals surface area contributed by atoms with Crippen LogP contribution in [0.4, 0.5) is 0 Å². The molecule has 0 aliphatic rings. The van der Waals surface area contributed by atoms with E-state index < -0.39 is 0 Å². The van der Waals surface area contributed by atoms with Crippen LogP contribution in [-0.2, 0) is 7.05 Å². The quantitative estimate of drug-likeness (QED) is 0.577. The van der Waals surface area contributed by atoms with Crippen molar-refractivity contribution in [2.24, 2.45) is 7.05 Å². The highest BCUT2D eigenvalue weighted by Gasteiger charge is 2.08. The van der Waals surface area contributed by atoms with Gasteiger partial charge in [-0.05, 0) is 35.7 Å². The van der Waals surface area contributed by atoms with E-state index in [1.807, 2.05) is 62.2 Å². The molecule has 112 valence electrons. The molecule has 4 rings (SSSR count). The molecular weight excluding hydrogens is 288 g/mol. The number of rotatable bonds is 3. The zero-order chi connectivity index (χ0) is 15.6. The molecule has 0 unspecified atom stereocenters. The maximum absolute atomic E-state index is 5.90. The molecule has 1 aromatic carbocycles. The van der Waals surface area contributed by atoms with Gasteiger partial charge in [-0.2, -0.15) is 5.10 Å². The number of hydrogen-bond donors (Lipinski definition) is 0. The van der Waals surface area contributed by atoms with Gasteiger partial charge in [-0.15, -0.1) is 0 Å². The van der Waals surface area contributed by atoms with Crippen molar-refractivity contribution in [3.05, 3.63) is 67.5 Å². The molecule has 0 saturated heterocycles. The van der Waals surface area contributed by atoms with Gasteiger partial charge in [0.15, 0.2) is 0 Å². The molecule has 23 heavy (non-hydrogen) atoms. The second-order valence-corrected chi connectivity index (χ2v) is 5.26. The summed E-state index contributed by atoms with van der Waals surface area (Å²) >= 11 is 0. The van der Waals surface area contributed by atoms with E-state index in [2.05, 4.69) is 15.1 Å². The van der Waals surface area contributed by atoms with E-state index >= 15 is 0 Å². The predicted molar refractivity (Wildman–Crippen MR) is 88.3 cm³/mol. The van der Waals surface area contributed by atoms with Crippen molar-refractivity contribution in [2.75, 3.05) is 0 Å². The summed E-state index contributed by atoms with van der Waals surface area (Å²) in [6.45, 7) is 0. The van der Waals surface area contributed by atoms with Crippen molar-refractivity contribution in [3.8, 4) is 22.6 Å². The van der Waals surface area contributed by atoms with Crippen LogP contribution in [0.3, 0.4) is 0 Å². The van der Waals surface area contributed by atoms with Gasteiger partial charge in [0, 0.05) is 54.5 Å². The van der Waals surface area contributed by atoms with Crippen LogP contribution in [0.2, 0.25) is 0 Å². The Bertz CT molecular complexity index is 963. The van der Waals surface area contributed by atoms with Gasteiger partial charge in [0.05, 0.1) is 6.20 Å². The third kappa shape index (κ3) is 2.64. The Kier molecular flexibility index (Phi) is 3.24. The lowest BCUT2D eigenvalue weighted by Crippen LogP contribution is -1.87. The molecule has 4 aromatic rings. The Morgan fingerprint density at radius 2 is 1.78 bits per heavy atom. The average Bonchev–Trinajstić information content (AvgIpc) is 3.01. The summed E-state index contributed by atoms with van der Waals surface area (Å²) in [6.07, 6.45) is 10.9. The van der Waals surface area contributed by atoms with Gasteiger partial charge in [0.2, 0.25) is 0 Å². The zero-order valence-corrected chi connectivity index (χ0v) is 12.5. The molecule has 0 radical (unpaired) electrons. The molecule has 0 N–H and O–H groups in total. The fraction of sp³-hybridized carbons (Fsp3) is 0.0556. The Balaban J connectivity index is 1.81. The van der Waals surface area contributed by atoms with Gasteiger partial charge in [-0.3, -0.25) is 14.6 Å². The van der Waals surface area contributed by atoms with Crippen LogP contribution in [0, 0.1) is 0 Å². The fourth-order valence-corrected chi connectivity index (χ4v) is 2.54. The summed E-state index contributed by atoms with van der Waals surface area (Å²) in [4.78, 5) is 8.32. The summed E-state index contributed by atoms with van der Waals surface area (Å²) in [5.41, 5.74) is 2.07. The van der Waals surface area contributed by atoms with Crippen molar-refractivity contribution in [2.45, 2.75) is 0 Å². The Morgan fingerprint density at radius 3 is 2.57 bits per heavy atom. The molecule has 5 nitrogen and oxygen atoms in total. The summed E-state index contributed by atoms with van der Waals surface area (Å²) in [6, 6.07) is 9.65. The monoisotopic (exact) mass is 302 g/mol. The predicted octanol–water partition coefficient (Wildman–Crippen LogP) is 3.82. The Morgan fingerprint density at radius 1 is 0.913 bits per heavy atom. The molecule has 0 atom stereocenters. The van der Waals surface area contributed by atoms with Crippen LogP contribution in [0.15, 0.2) is 67.5 Å². The van der Waals surface area contributed by atoms with Crippen molar-refractivity contribution in [1.29, 1.82) is 0 Å². The van der Waals surface area contributed by atoms with E-state index in [4.69, 9.17) is 4.74 Å². The number of fused-ring (bicyclic) bond motifs is 1. The summed E-state index contributed by atoms with van der Waals surface area (Å²) in [5, 5.41) is 6.39. The molecule has 0 saturated carbocycles. The van der Waals surface area contributed by atoms with Crippen molar-refractivity contribution in [3.63, 3.8) is 0 Å². The molecule has 0 bridgehead atoms. The average molecular weight is 302 g/mol. The first kappa shape index (κ1) is 13.5. The highest BCUT2D eigenvalue weighted by molar-refractivity contribution is 5.96. The molecule has 0 aliphatic heterocycles. The minimum absolute atomic E-state index is 0.760. The first-order valence-electron chi connectivity index (χ1n) is 7.24. The van der Waals surface area contributed by atoms with Gasteiger partial charge < -0.3 is 4.74 Å². The maximum atomic E-state index is 5.90. The highest BCUT2D eigenvalue weighted by Crippen LogP contribution is 2.31. The van der Waals surface area contributed by atoms with E-state index in [0.29, 0.717) is 0 Å². The molecular formula is C18H14N4O. The van der Waals surface area contributed by atoms with E-state index in [1.54, 1.807) is 17.1 Å². The van der Waals surface area contributed by atoms with Gasteiger partial charge in [-0.25, -0.2) is 0 Å². The molecule has 3 aromatic heterocycles. The van der Waals surface area contributed by atoms with Gasteiger partial charge in [0.1, 0.15) is 11.5 Å². The lowest BCUT2D eigenvalue weighted by molar-refractivity contribution is 0.482. The van der Waals surface area contributed by atoms with Crippen LogP contribution in [0.1, 0.15) is 0 Å². The lowest BCUT2D eigenvalue weighted by Gasteiger charge is -2.08. The summed E-state index contributed by atoms with van der Waals surface area (Å²) in [7, 11) is 1.90. The van der Waals surface area contributed by atoms with Gasteiger partial charge >= 0.3 is 0 Å². The fourth-order valence-electron chi connectivity index (χ4n) is 2.54.